The van der Waals surface area contributed by atoms with Gasteiger partial charge in [0.25, 0.3) is 5.91 Å². The highest BCUT2D eigenvalue weighted by Crippen LogP contribution is 2.36. The summed E-state index contributed by atoms with van der Waals surface area (Å²) in [6.07, 6.45) is 0. The molecule has 0 aliphatic rings. The maximum absolute atomic E-state index is 11.8. The minimum absolute atomic E-state index is 0.213. The monoisotopic (exact) mass is 300 g/mol. The molecule has 0 atom stereocenters. The lowest BCUT2D eigenvalue weighted by Crippen LogP contribution is -2.19. The highest BCUT2D eigenvalue weighted by Gasteiger charge is 2.17. The smallest absolute Gasteiger partial charge is 0.254 e. The van der Waals surface area contributed by atoms with Crippen molar-refractivity contribution in [2.24, 2.45) is 0 Å². The summed E-state index contributed by atoms with van der Waals surface area (Å²) in [5, 5.41) is 5.81. The lowest BCUT2D eigenvalue weighted by atomic mass is 10.0. The van der Waals surface area contributed by atoms with E-state index < -0.39 is 0 Å². The van der Waals surface area contributed by atoms with Crippen LogP contribution in [0.15, 0.2) is 23.6 Å². The Labute approximate surface area is 119 Å². The summed E-state index contributed by atoms with van der Waals surface area (Å²) in [4.78, 5) is 11.8. The Morgan fingerprint density at radius 2 is 2.06 bits per heavy atom. The second-order valence-corrected chi connectivity index (χ2v) is 5.32. The molecule has 2 rings (SSSR count). The van der Waals surface area contributed by atoms with E-state index in [0.717, 1.165) is 11.1 Å². The van der Waals surface area contributed by atoms with Crippen molar-refractivity contribution in [2.45, 2.75) is 0 Å². The molecule has 0 aliphatic heterocycles. The second kappa shape index (κ2) is 5.18. The lowest BCUT2D eigenvalue weighted by Gasteiger charge is -2.05. The van der Waals surface area contributed by atoms with E-state index >= 15 is 0 Å². The molecule has 3 N–H and O–H groups in total. The fourth-order valence-electron chi connectivity index (χ4n) is 1.61. The first-order chi connectivity index (χ1) is 8.54. The van der Waals surface area contributed by atoms with Gasteiger partial charge in [0.05, 0.1) is 20.6 Å². The number of carbonyl (C=O) groups is 1. The molecule has 0 saturated carbocycles. The molecule has 6 heteroatoms. The topological polar surface area (TPSA) is 55.1 Å². The zero-order valence-corrected chi connectivity index (χ0v) is 11.8. The third kappa shape index (κ3) is 2.32. The summed E-state index contributed by atoms with van der Waals surface area (Å²) in [6.45, 7) is 0. The van der Waals surface area contributed by atoms with E-state index in [1.807, 2.05) is 11.4 Å². The lowest BCUT2D eigenvalue weighted by molar-refractivity contribution is 0.0965. The van der Waals surface area contributed by atoms with Gasteiger partial charge in [-0.05, 0) is 17.7 Å². The van der Waals surface area contributed by atoms with Crippen LogP contribution in [-0.4, -0.2) is 13.0 Å². The first-order valence-electron chi connectivity index (χ1n) is 5.09. The number of amides is 1. The fraction of sp³-hybridized carbons (Fsp3) is 0.0833. The molecule has 0 saturated heterocycles. The summed E-state index contributed by atoms with van der Waals surface area (Å²) in [6, 6.07) is 5.22. The zero-order chi connectivity index (χ0) is 13.3. The van der Waals surface area contributed by atoms with Crippen molar-refractivity contribution < 1.29 is 4.79 Å². The van der Waals surface area contributed by atoms with Gasteiger partial charge in [0.2, 0.25) is 0 Å². The molecule has 0 unspecified atom stereocenters. The predicted molar refractivity (Wildman–Crippen MR) is 77.6 cm³/mol. The molecule has 94 valence electrons. The largest absolute Gasteiger partial charge is 0.390 e. The molecule has 1 aromatic heterocycles. The van der Waals surface area contributed by atoms with E-state index in [4.69, 9.17) is 28.9 Å². The molecule has 18 heavy (non-hydrogen) atoms. The fourth-order valence-corrected chi connectivity index (χ4v) is 2.73. The van der Waals surface area contributed by atoms with Crippen LogP contribution in [0.25, 0.3) is 11.1 Å². The van der Waals surface area contributed by atoms with Crippen molar-refractivity contribution in [1.29, 1.82) is 0 Å². The molecular weight excluding hydrogens is 291 g/mol. The molecule has 1 amide bonds. The first-order valence-corrected chi connectivity index (χ1v) is 6.72. The number of nitrogen functional groups attached to an aromatic ring is 1. The van der Waals surface area contributed by atoms with Crippen LogP contribution in [0.5, 0.6) is 0 Å². The van der Waals surface area contributed by atoms with Gasteiger partial charge in [0.15, 0.2) is 0 Å². The summed E-state index contributed by atoms with van der Waals surface area (Å²) < 4.78 is 0. The molecule has 2 aromatic rings. The Hall–Kier alpha value is -1.23. The van der Waals surface area contributed by atoms with Crippen LogP contribution >= 0.6 is 34.5 Å². The van der Waals surface area contributed by atoms with Crippen molar-refractivity contribution in [3.63, 3.8) is 0 Å². The van der Waals surface area contributed by atoms with E-state index in [2.05, 4.69) is 5.32 Å². The van der Waals surface area contributed by atoms with Gasteiger partial charge in [-0.15, -0.1) is 11.3 Å². The number of anilines is 1. The Balaban J connectivity index is 2.57. The number of hydrogen-bond acceptors (Lipinski definition) is 3. The predicted octanol–water partition coefficient (Wildman–Crippen LogP) is 3.66. The molecule has 3 nitrogen and oxygen atoms in total. The van der Waals surface area contributed by atoms with E-state index in [-0.39, 0.29) is 5.91 Å². The molecule has 1 aromatic carbocycles. The van der Waals surface area contributed by atoms with Crippen molar-refractivity contribution in [2.75, 3.05) is 12.8 Å². The Bertz CT molecular complexity index is 610. The molecule has 0 radical (unpaired) electrons. The van der Waals surface area contributed by atoms with Gasteiger partial charge in [0.1, 0.15) is 0 Å². The number of halogens is 2. The highest BCUT2D eigenvalue weighted by atomic mass is 35.5. The molecule has 0 bridgehead atoms. The third-order valence-electron chi connectivity index (χ3n) is 2.50. The number of rotatable bonds is 2. The minimum Gasteiger partial charge on any atom is -0.390 e. The average molecular weight is 301 g/mol. The number of nitrogens with two attached hydrogens (primary N) is 1. The van der Waals surface area contributed by atoms with Crippen molar-refractivity contribution >= 4 is 45.4 Å². The van der Waals surface area contributed by atoms with Gasteiger partial charge in [0, 0.05) is 18.0 Å². The number of thiophene rings is 1. The van der Waals surface area contributed by atoms with Gasteiger partial charge >= 0.3 is 0 Å². The molecule has 0 aliphatic carbocycles. The number of hydrogen-bond donors (Lipinski definition) is 2. The second-order valence-electron chi connectivity index (χ2n) is 3.60. The molecule has 1 heterocycles. The van der Waals surface area contributed by atoms with Crippen LogP contribution in [0.1, 0.15) is 10.4 Å². The van der Waals surface area contributed by atoms with Crippen LogP contribution in [0.4, 0.5) is 5.00 Å². The Morgan fingerprint density at radius 1 is 1.33 bits per heavy atom. The number of carbonyl (C=O) groups excluding carboxylic acids is 1. The Kier molecular flexibility index (Phi) is 3.80. The van der Waals surface area contributed by atoms with Crippen LogP contribution in [0.3, 0.4) is 0 Å². The Morgan fingerprint density at radius 3 is 2.67 bits per heavy atom. The van der Waals surface area contributed by atoms with Gasteiger partial charge in [-0.2, -0.15) is 0 Å². The molecule has 0 fully saturated rings. The van der Waals surface area contributed by atoms with E-state index in [9.17, 15) is 4.79 Å². The summed E-state index contributed by atoms with van der Waals surface area (Å²) in [5.74, 6) is -0.213. The summed E-state index contributed by atoms with van der Waals surface area (Å²) >= 11 is 13.2. The van der Waals surface area contributed by atoms with Crippen LogP contribution in [0, 0.1) is 0 Å². The minimum atomic E-state index is -0.213. The number of benzene rings is 1. The molecular formula is C12H10Cl2N2OS. The maximum atomic E-state index is 11.8. The van der Waals surface area contributed by atoms with Crippen molar-refractivity contribution in [3.8, 4) is 11.1 Å². The standard InChI is InChI=1S/C12H10Cl2N2OS/c1-16-12(17)10-7(5-18-11(10)15)6-2-3-8(13)9(14)4-6/h2-5H,15H2,1H3,(H,16,17). The van der Waals surface area contributed by atoms with Crippen LogP contribution in [0.2, 0.25) is 10.0 Å². The van der Waals surface area contributed by atoms with Crippen molar-refractivity contribution in [3.05, 3.63) is 39.2 Å². The van der Waals surface area contributed by atoms with Crippen molar-refractivity contribution in [1.82, 2.24) is 5.32 Å². The molecule has 0 spiro atoms. The SMILES string of the molecule is CNC(=O)c1c(-c2ccc(Cl)c(Cl)c2)csc1N. The highest BCUT2D eigenvalue weighted by molar-refractivity contribution is 7.15. The normalized spacial score (nSPS) is 10.4. The van der Waals surface area contributed by atoms with Gasteiger partial charge in [-0.1, -0.05) is 29.3 Å². The van der Waals surface area contributed by atoms with Gasteiger partial charge in [-0.25, -0.2) is 0 Å². The summed E-state index contributed by atoms with van der Waals surface area (Å²) in [7, 11) is 1.57. The zero-order valence-electron chi connectivity index (χ0n) is 9.46. The van der Waals surface area contributed by atoms with Crippen LogP contribution in [-0.2, 0) is 0 Å². The van der Waals surface area contributed by atoms with Crippen LogP contribution < -0.4 is 11.1 Å². The summed E-state index contributed by atoms with van der Waals surface area (Å²) in [5.41, 5.74) is 7.87. The van der Waals surface area contributed by atoms with E-state index in [1.54, 1.807) is 19.2 Å². The van der Waals surface area contributed by atoms with Gasteiger partial charge < -0.3 is 11.1 Å². The van der Waals surface area contributed by atoms with Gasteiger partial charge in [-0.3, -0.25) is 4.79 Å². The third-order valence-corrected chi connectivity index (χ3v) is 4.05. The van der Waals surface area contributed by atoms with E-state index in [1.165, 1.54) is 11.3 Å². The first kappa shape index (κ1) is 13.2. The number of nitrogens with one attached hydrogen (secondary N) is 1. The average Bonchev–Trinajstić information content (AvgIpc) is 2.74. The van der Waals surface area contributed by atoms with E-state index in [0.29, 0.717) is 20.6 Å². The quantitative estimate of drug-likeness (QED) is 0.889. The maximum Gasteiger partial charge on any atom is 0.254 e.